The molecule has 0 aromatic carbocycles. The molecule has 1 rings (SSSR count). The summed E-state index contributed by atoms with van der Waals surface area (Å²) in [6.07, 6.45) is 3.58. The first kappa shape index (κ1) is 5.03. The van der Waals surface area contributed by atoms with Crippen molar-refractivity contribution >= 4 is 12.6 Å². The molecule has 1 aliphatic heterocycles. The molecule has 1 N–H and O–H groups in total. The molecule has 0 atom stereocenters. The van der Waals surface area contributed by atoms with Gasteiger partial charge in [0.25, 0.3) is 0 Å². The molecule has 42 valence electrons. The Morgan fingerprint density at radius 3 is 3.12 bits per heavy atom. The van der Waals surface area contributed by atoms with Crippen molar-refractivity contribution in [2.75, 3.05) is 6.67 Å². The van der Waals surface area contributed by atoms with E-state index in [1.807, 2.05) is 0 Å². The second kappa shape index (κ2) is 2.26. The molecule has 3 heteroatoms. The molecule has 0 bridgehead atoms. The Hall–Kier alpha value is -1.12. The molecule has 0 aromatic heterocycles. The lowest BCUT2D eigenvalue weighted by molar-refractivity contribution is 0.871. The van der Waals surface area contributed by atoms with Crippen molar-refractivity contribution in [3.63, 3.8) is 0 Å². The Labute approximate surface area is 47.8 Å². The first-order valence-electron chi connectivity index (χ1n) is 2.34. The second-order valence-electron chi connectivity index (χ2n) is 1.37. The summed E-state index contributed by atoms with van der Waals surface area (Å²) in [5.74, 6) is 0.698. The smallest absolute Gasteiger partial charge is 0.149 e. The summed E-state index contributed by atoms with van der Waals surface area (Å²) in [5, 5.41) is 2.89. The Morgan fingerprint density at radius 2 is 2.75 bits per heavy atom. The third-order valence-electron chi connectivity index (χ3n) is 0.845. The van der Waals surface area contributed by atoms with Crippen LogP contribution in [-0.2, 0) is 0 Å². The van der Waals surface area contributed by atoms with Crippen molar-refractivity contribution < 1.29 is 0 Å². The maximum atomic E-state index is 3.94. The standard InChI is InChI=1S/C5H7N3/c1-6-5-2-3-7-4-8-5/h2-3,7H,1,4H2. The van der Waals surface area contributed by atoms with E-state index in [-0.39, 0.29) is 0 Å². The van der Waals surface area contributed by atoms with Gasteiger partial charge in [-0.25, -0.2) is 9.98 Å². The highest BCUT2D eigenvalue weighted by atomic mass is 15.0. The van der Waals surface area contributed by atoms with Gasteiger partial charge in [0.1, 0.15) is 12.5 Å². The van der Waals surface area contributed by atoms with Crippen LogP contribution < -0.4 is 5.32 Å². The minimum Gasteiger partial charge on any atom is -0.372 e. The van der Waals surface area contributed by atoms with E-state index in [4.69, 9.17) is 0 Å². The van der Waals surface area contributed by atoms with Crippen LogP contribution in [0.15, 0.2) is 22.3 Å². The fraction of sp³-hybridized carbons (Fsp3) is 0.200. The minimum absolute atomic E-state index is 0.616. The molecule has 1 heterocycles. The van der Waals surface area contributed by atoms with Gasteiger partial charge in [-0.2, -0.15) is 0 Å². The number of aliphatic imine (C=N–C) groups is 2. The number of hydrogen-bond acceptors (Lipinski definition) is 3. The predicted octanol–water partition coefficient (Wildman–Crippen LogP) is 0.160. The van der Waals surface area contributed by atoms with Crippen LogP contribution in [-0.4, -0.2) is 19.2 Å². The first-order valence-corrected chi connectivity index (χ1v) is 2.34. The first-order chi connectivity index (χ1) is 3.93. The fourth-order valence-electron chi connectivity index (χ4n) is 0.468. The van der Waals surface area contributed by atoms with Gasteiger partial charge in [-0.05, 0) is 12.8 Å². The summed E-state index contributed by atoms with van der Waals surface area (Å²) in [6.45, 7) is 3.94. The average Bonchev–Trinajstić information content (AvgIpc) is 1.90. The van der Waals surface area contributed by atoms with Gasteiger partial charge in [-0.15, -0.1) is 0 Å². The predicted molar refractivity (Wildman–Crippen MR) is 34.1 cm³/mol. The highest BCUT2D eigenvalue weighted by Gasteiger charge is 1.89. The van der Waals surface area contributed by atoms with Crippen molar-refractivity contribution in [2.45, 2.75) is 0 Å². The molecule has 0 fully saturated rings. The van der Waals surface area contributed by atoms with Gasteiger partial charge in [0.15, 0.2) is 0 Å². The second-order valence-corrected chi connectivity index (χ2v) is 1.37. The molecule has 0 aromatic rings. The molecular formula is C5H7N3. The molecule has 0 amide bonds. The normalized spacial score (nSPS) is 16.8. The highest BCUT2D eigenvalue weighted by Crippen LogP contribution is 1.86. The Kier molecular flexibility index (Phi) is 1.42. The van der Waals surface area contributed by atoms with Crippen molar-refractivity contribution in [1.29, 1.82) is 0 Å². The van der Waals surface area contributed by atoms with Gasteiger partial charge in [0, 0.05) is 6.20 Å². The average molecular weight is 109 g/mol. The SMILES string of the molecule is C=NC1=NCNC=C1. The monoisotopic (exact) mass is 109 g/mol. The van der Waals surface area contributed by atoms with Crippen molar-refractivity contribution in [3.8, 4) is 0 Å². The summed E-state index contributed by atoms with van der Waals surface area (Å²) in [7, 11) is 0. The summed E-state index contributed by atoms with van der Waals surface area (Å²) in [4.78, 5) is 7.56. The van der Waals surface area contributed by atoms with Crippen molar-refractivity contribution in [3.05, 3.63) is 12.3 Å². The third-order valence-corrected chi connectivity index (χ3v) is 0.845. The van der Waals surface area contributed by atoms with Gasteiger partial charge < -0.3 is 5.32 Å². The van der Waals surface area contributed by atoms with Crippen LogP contribution in [0, 0.1) is 0 Å². The molecule has 0 aliphatic carbocycles. The summed E-state index contributed by atoms with van der Waals surface area (Å²) < 4.78 is 0. The number of nitrogens with zero attached hydrogens (tertiary/aromatic N) is 2. The third kappa shape index (κ3) is 0.932. The van der Waals surface area contributed by atoms with E-state index >= 15 is 0 Å². The summed E-state index contributed by atoms with van der Waals surface area (Å²) >= 11 is 0. The van der Waals surface area contributed by atoms with Crippen LogP contribution in [0.4, 0.5) is 0 Å². The van der Waals surface area contributed by atoms with Crippen LogP contribution in [0.2, 0.25) is 0 Å². The molecule has 3 nitrogen and oxygen atoms in total. The number of nitrogens with one attached hydrogen (secondary N) is 1. The van der Waals surface area contributed by atoms with Crippen LogP contribution in [0.3, 0.4) is 0 Å². The van der Waals surface area contributed by atoms with Gasteiger partial charge in [-0.3, -0.25) is 0 Å². The van der Waals surface area contributed by atoms with E-state index < -0.39 is 0 Å². The minimum atomic E-state index is 0.616. The maximum absolute atomic E-state index is 3.94. The largest absolute Gasteiger partial charge is 0.372 e. The zero-order chi connectivity index (χ0) is 5.82. The Balaban J connectivity index is 2.64. The number of hydrogen-bond donors (Lipinski definition) is 1. The van der Waals surface area contributed by atoms with Crippen LogP contribution in [0.1, 0.15) is 0 Å². The molecule has 8 heavy (non-hydrogen) atoms. The quantitative estimate of drug-likeness (QED) is 0.442. The Morgan fingerprint density at radius 1 is 1.88 bits per heavy atom. The lowest BCUT2D eigenvalue weighted by Gasteiger charge is -2.00. The van der Waals surface area contributed by atoms with E-state index in [1.54, 1.807) is 12.3 Å². The van der Waals surface area contributed by atoms with Crippen LogP contribution in [0.5, 0.6) is 0 Å². The molecule has 0 spiro atoms. The van der Waals surface area contributed by atoms with Crippen LogP contribution in [0.25, 0.3) is 0 Å². The van der Waals surface area contributed by atoms with Gasteiger partial charge in [0.05, 0.1) is 0 Å². The molecule has 1 aliphatic rings. The molecule has 0 unspecified atom stereocenters. The van der Waals surface area contributed by atoms with E-state index in [0.29, 0.717) is 12.5 Å². The fourth-order valence-corrected chi connectivity index (χ4v) is 0.468. The van der Waals surface area contributed by atoms with Crippen molar-refractivity contribution in [1.82, 2.24) is 5.32 Å². The van der Waals surface area contributed by atoms with Gasteiger partial charge >= 0.3 is 0 Å². The van der Waals surface area contributed by atoms with Gasteiger partial charge in [-0.1, -0.05) is 0 Å². The lowest BCUT2D eigenvalue weighted by atomic mass is 10.5. The Bertz CT molecular complexity index is 146. The van der Waals surface area contributed by atoms with E-state index in [0.717, 1.165) is 0 Å². The summed E-state index contributed by atoms with van der Waals surface area (Å²) in [5.41, 5.74) is 0. The molecule has 0 saturated carbocycles. The number of amidine groups is 1. The molecule has 0 saturated heterocycles. The van der Waals surface area contributed by atoms with E-state index in [2.05, 4.69) is 22.0 Å². The topological polar surface area (TPSA) is 36.8 Å². The van der Waals surface area contributed by atoms with Gasteiger partial charge in [0.2, 0.25) is 0 Å². The maximum Gasteiger partial charge on any atom is 0.149 e. The molecular weight excluding hydrogens is 102 g/mol. The zero-order valence-corrected chi connectivity index (χ0v) is 4.46. The lowest BCUT2D eigenvalue weighted by Crippen LogP contribution is -2.11. The molecule has 0 radical (unpaired) electrons. The van der Waals surface area contributed by atoms with E-state index in [1.165, 1.54) is 0 Å². The highest BCUT2D eigenvalue weighted by molar-refractivity contribution is 5.96. The zero-order valence-electron chi connectivity index (χ0n) is 4.46. The van der Waals surface area contributed by atoms with Crippen molar-refractivity contribution in [2.24, 2.45) is 9.98 Å². The van der Waals surface area contributed by atoms with E-state index in [9.17, 15) is 0 Å². The van der Waals surface area contributed by atoms with Crippen LogP contribution >= 0.6 is 0 Å². The number of rotatable bonds is 0. The summed E-state index contributed by atoms with van der Waals surface area (Å²) in [6, 6.07) is 0.